The summed E-state index contributed by atoms with van der Waals surface area (Å²) in [5.41, 5.74) is 7.34. The van der Waals surface area contributed by atoms with E-state index in [4.69, 9.17) is 39.4 Å². The fourth-order valence-corrected chi connectivity index (χ4v) is 11.4. The van der Waals surface area contributed by atoms with Gasteiger partial charge in [0.15, 0.2) is 0 Å². The van der Waals surface area contributed by atoms with Crippen LogP contribution in [0.15, 0.2) is 93.3 Å². The van der Waals surface area contributed by atoms with Crippen molar-refractivity contribution in [3.63, 3.8) is 0 Å². The largest absolute Gasteiger partial charge is 0.493 e. The number of benzene rings is 4. The minimum atomic E-state index is 0.595. The maximum Gasteiger partial charge on any atom is 0.122 e. The van der Waals surface area contributed by atoms with Gasteiger partial charge in [0.05, 0.1) is 49.2 Å². The van der Waals surface area contributed by atoms with Crippen LogP contribution in [0.3, 0.4) is 0 Å². The van der Waals surface area contributed by atoms with Crippen LogP contribution in [0.2, 0.25) is 0 Å². The summed E-state index contributed by atoms with van der Waals surface area (Å²) in [7, 11) is 0. The average molecular weight is 1130 g/mol. The van der Waals surface area contributed by atoms with Gasteiger partial charge in [-0.1, -0.05) is 259 Å². The summed E-state index contributed by atoms with van der Waals surface area (Å²) in [6, 6.07) is 25.1. The van der Waals surface area contributed by atoms with Gasteiger partial charge in [0.2, 0.25) is 0 Å². The lowest BCUT2D eigenvalue weighted by molar-refractivity contribution is 0.298. The predicted octanol–water partition coefficient (Wildman–Crippen LogP) is 25.2. The standard InChI is InChI=1S/C74H116N4O4/c1-5-9-13-17-21-25-29-33-37-41-53-79-71-49-45-67-59-63(71)57-64-60-68(46-50-72(64)80-54-42-38-34-30-26-22-18-14-10-6-2)77-78-70-48-52-74(82-56-44-40-36-32-28-24-20-16-12-8-4)66(62-70)58-65-61-69(76-75-67)47-51-73(65)81-55-43-39-35-31-27-23-19-15-11-7-3/h45-52,59-62H,5-44,53-58H2,1-4H3. The van der Waals surface area contributed by atoms with Crippen molar-refractivity contribution in [2.75, 3.05) is 26.4 Å². The molecule has 0 saturated heterocycles. The first kappa shape index (κ1) is 68.1. The van der Waals surface area contributed by atoms with Crippen LogP contribution in [0.4, 0.5) is 22.7 Å². The predicted molar refractivity (Wildman–Crippen MR) is 349 cm³/mol. The summed E-state index contributed by atoms with van der Waals surface area (Å²) in [5.74, 6) is 3.52. The third kappa shape index (κ3) is 30.2. The smallest absolute Gasteiger partial charge is 0.122 e. The Labute approximate surface area is 501 Å². The zero-order valence-electron chi connectivity index (χ0n) is 52.9. The fourth-order valence-electron chi connectivity index (χ4n) is 11.4. The van der Waals surface area contributed by atoms with E-state index in [1.54, 1.807) is 0 Å². The van der Waals surface area contributed by atoms with Crippen LogP contribution in [-0.4, -0.2) is 26.4 Å². The van der Waals surface area contributed by atoms with Crippen molar-refractivity contribution in [3.05, 3.63) is 95.1 Å². The van der Waals surface area contributed by atoms with Crippen molar-refractivity contribution in [3.8, 4) is 23.0 Å². The second-order valence-electron chi connectivity index (χ2n) is 24.0. The van der Waals surface area contributed by atoms with Gasteiger partial charge in [0.25, 0.3) is 0 Å². The minimum absolute atomic E-state index is 0.595. The van der Waals surface area contributed by atoms with E-state index in [2.05, 4.69) is 76.2 Å². The van der Waals surface area contributed by atoms with Crippen LogP contribution in [0.5, 0.6) is 23.0 Å². The van der Waals surface area contributed by atoms with E-state index in [1.165, 1.54) is 231 Å². The number of nitrogens with zero attached hydrogens (tertiary/aromatic N) is 4. The van der Waals surface area contributed by atoms with Gasteiger partial charge in [0.1, 0.15) is 23.0 Å². The van der Waals surface area contributed by atoms with Crippen LogP contribution in [0.25, 0.3) is 0 Å². The maximum atomic E-state index is 6.66. The van der Waals surface area contributed by atoms with Crippen molar-refractivity contribution < 1.29 is 18.9 Å². The summed E-state index contributed by atoms with van der Waals surface area (Å²) in [4.78, 5) is 0. The van der Waals surface area contributed by atoms with Crippen molar-refractivity contribution >= 4 is 22.7 Å². The van der Waals surface area contributed by atoms with E-state index in [0.717, 1.165) is 93.7 Å². The van der Waals surface area contributed by atoms with Gasteiger partial charge in [0, 0.05) is 35.1 Å². The van der Waals surface area contributed by atoms with Crippen LogP contribution < -0.4 is 18.9 Å². The highest BCUT2D eigenvalue weighted by molar-refractivity contribution is 5.56. The molecule has 0 spiro atoms. The second-order valence-corrected chi connectivity index (χ2v) is 24.0. The Hall–Kier alpha value is -4.72. The maximum absolute atomic E-state index is 6.66. The van der Waals surface area contributed by atoms with E-state index < -0.39 is 0 Å². The van der Waals surface area contributed by atoms with Crippen molar-refractivity contribution in [1.29, 1.82) is 0 Å². The van der Waals surface area contributed by atoms with E-state index in [1.807, 2.05) is 24.3 Å². The summed E-state index contributed by atoms with van der Waals surface area (Å²) >= 11 is 0. The quantitative estimate of drug-likeness (QED) is 0.0363. The van der Waals surface area contributed by atoms with Gasteiger partial charge >= 0.3 is 0 Å². The molecule has 82 heavy (non-hydrogen) atoms. The minimum Gasteiger partial charge on any atom is -0.493 e. The second kappa shape index (κ2) is 45.7. The van der Waals surface area contributed by atoms with Crippen molar-refractivity contribution in [2.24, 2.45) is 20.5 Å². The number of unbranched alkanes of at least 4 members (excludes halogenated alkanes) is 36. The van der Waals surface area contributed by atoms with Crippen molar-refractivity contribution in [1.82, 2.24) is 0 Å². The van der Waals surface area contributed by atoms with E-state index in [-0.39, 0.29) is 0 Å². The van der Waals surface area contributed by atoms with E-state index in [0.29, 0.717) is 39.3 Å². The average Bonchev–Trinajstić information content (AvgIpc) is 3.56. The first-order valence-electron chi connectivity index (χ1n) is 34.5. The summed E-state index contributed by atoms with van der Waals surface area (Å²) in [6.45, 7) is 11.9. The van der Waals surface area contributed by atoms with Gasteiger partial charge in [-0.05, 0) is 98.5 Å². The van der Waals surface area contributed by atoms with Crippen molar-refractivity contribution in [2.45, 2.75) is 297 Å². The molecule has 5 rings (SSSR count). The molecule has 0 saturated carbocycles. The monoisotopic (exact) mass is 1120 g/mol. The number of rotatable bonds is 48. The van der Waals surface area contributed by atoms with Gasteiger partial charge in [-0.3, -0.25) is 0 Å². The number of azo groups is 2. The molecule has 0 fully saturated rings. The zero-order valence-corrected chi connectivity index (χ0v) is 52.9. The molecule has 0 atom stereocenters. The first-order chi connectivity index (χ1) is 40.6. The number of fused-ring (bicyclic) bond motifs is 8. The Morgan fingerprint density at radius 1 is 0.232 bits per heavy atom. The summed E-state index contributed by atoms with van der Waals surface area (Å²) in [5, 5.41) is 19.7. The van der Waals surface area contributed by atoms with Crippen LogP contribution in [0.1, 0.15) is 307 Å². The topological polar surface area (TPSA) is 86.4 Å². The lowest BCUT2D eigenvalue weighted by Gasteiger charge is -2.16. The molecule has 0 amide bonds. The third-order valence-electron chi connectivity index (χ3n) is 16.5. The Kier molecular flexibility index (Phi) is 37.9. The molecule has 1 aliphatic heterocycles. The SMILES string of the molecule is CCCCCCCCCCCCOc1ccc2cc1Cc1cc(ccc1OCCCCCCCCCCCC)N=Nc1ccc(OCCCCCCCCCCCC)c(c1)Cc1cc(ccc1OCCCCCCCCCCCC)N=N2. The molecule has 8 nitrogen and oxygen atoms in total. The lowest BCUT2D eigenvalue weighted by Crippen LogP contribution is -2.04. The molecular formula is C74H116N4O4. The highest BCUT2D eigenvalue weighted by Crippen LogP contribution is 2.37. The Morgan fingerprint density at radius 3 is 0.585 bits per heavy atom. The number of hydrogen-bond donors (Lipinski definition) is 0. The summed E-state index contributed by atoms with van der Waals surface area (Å²) in [6.07, 6.45) is 52.8. The molecule has 1 heterocycles. The van der Waals surface area contributed by atoms with Crippen LogP contribution in [-0.2, 0) is 12.8 Å². The molecule has 0 aromatic heterocycles. The molecule has 1 aliphatic rings. The van der Waals surface area contributed by atoms with Gasteiger partial charge in [-0.15, -0.1) is 0 Å². The molecule has 4 aromatic rings. The Morgan fingerprint density at radius 2 is 0.402 bits per heavy atom. The van der Waals surface area contributed by atoms with E-state index in [9.17, 15) is 0 Å². The highest BCUT2D eigenvalue weighted by Gasteiger charge is 2.16. The molecular weight excluding hydrogens is 1010 g/mol. The molecule has 0 aliphatic carbocycles. The molecule has 456 valence electrons. The molecule has 0 radical (unpaired) electrons. The Balaban J connectivity index is 1.37. The number of ether oxygens (including phenoxy) is 4. The van der Waals surface area contributed by atoms with Gasteiger partial charge in [-0.25, -0.2) is 0 Å². The first-order valence-corrected chi connectivity index (χ1v) is 34.5. The fraction of sp³-hybridized carbons (Fsp3) is 0.676. The normalized spacial score (nSPS) is 12.1. The molecule has 8 heteroatoms. The van der Waals surface area contributed by atoms with E-state index >= 15 is 0 Å². The molecule has 4 aromatic carbocycles. The van der Waals surface area contributed by atoms with Gasteiger partial charge in [-0.2, -0.15) is 20.5 Å². The summed E-state index contributed by atoms with van der Waals surface area (Å²) < 4.78 is 26.6. The molecule has 8 bridgehead atoms. The highest BCUT2D eigenvalue weighted by atomic mass is 16.5. The zero-order chi connectivity index (χ0) is 57.6. The third-order valence-corrected chi connectivity index (χ3v) is 16.5. The lowest BCUT2D eigenvalue weighted by atomic mass is 10.0. The van der Waals surface area contributed by atoms with Gasteiger partial charge < -0.3 is 18.9 Å². The molecule has 0 unspecified atom stereocenters. The van der Waals surface area contributed by atoms with Crippen LogP contribution in [0, 0.1) is 0 Å². The number of hydrogen-bond acceptors (Lipinski definition) is 8. The Bertz CT molecular complexity index is 1980. The van der Waals surface area contributed by atoms with Crippen LogP contribution >= 0.6 is 0 Å². The molecule has 0 N–H and O–H groups in total.